The number of anilines is 3. The second-order valence-electron chi connectivity index (χ2n) is 6.51. The zero-order chi connectivity index (χ0) is 21.5. The highest BCUT2D eigenvalue weighted by molar-refractivity contribution is 6.30. The molecule has 6 nitrogen and oxygen atoms in total. The van der Waals surface area contributed by atoms with E-state index in [1.165, 1.54) is 6.92 Å². The fourth-order valence-corrected chi connectivity index (χ4v) is 2.96. The van der Waals surface area contributed by atoms with Gasteiger partial charge in [0, 0.05) is 22.0 Å². The first kappa shape index (κ1) is 21.1. The van der Waals surface area contributed by atoms with Gasteiger partial charge in [-0.25, -0.2) is 0 Å². The summed E-state index contributed by atoms with van der Waals surface area (Å²) in [4.78, 5) is 36.7. The molecule has 0 unspecified atom stereocenters. The van der Waals surface area contributed by atoms with Gasteiger partial charge in [0.1, 0.15) is 0 Å². The van der Waals surface area contributed by atoms with Gasteiger partial charge in [0.2, 0.25) is 5.91 Å². The molecule has 0 heterocycles. The molecule has 0 spiro atoms. The summed E-state index contributed by atoms with van der Waals surface area (Å²) in [5, 5.41) is 9.07. The molecule has 0 saturated carbocycles. The minimum absolute atomic E-state index is 0.0719. The Labute approximate surface area is 179 Å². The Bertz CT molecular complexity index is 1080. The van der Waals surface area contributed by atoms with Crippen molar-refractivity contribution in [3.8, 4) is 0 Å². The predicted molar refractivity (Wildman–Crippen MR) is 119 cm³/mol. The highest BCUT2D eigenvalue weighted by Gasteiger charge is 2.13. The van der Waals surface area contributed by atoms with E-state index >= 15 is 0 Å². The van der Waals surface area contributed by atoms with Crippen LogP contribution in [0.3, 0.4) is 0 Å². The zero-order valence-corrected chi connectivity index (χ0v) is 17.0. The summed E-state index contributed by atoms with van der Waals surface area (Å²) in [7, 11) is 0. The van der Waals surface area contributed by atoms with E-state index in [1.54, 1.807) is 72.8 Å². The molecule has 0 aromatic heterocycles. The lowest BCUT2D eigenvalue weighted by Crippen LogP contribution is -2.24. The lowest BCUT2D eigenvalue weighted by Gasteiger charge is -2.13. The number of Topliss-reactive ketones (excluding diaryl/α,β-unsaturated/α-hetero) is 1. The lowest BCUT2D eigenvalue weighted by molar-refractivity contribution is -0.114. The van der Waals surface area contributed by atoms with Crippen LogP contribution in [-0.2, 0) is 4.79 Å². The molecule has 0 atom stereocenters. The van der Waals surface area contributed by atoms with Gasteiger partial charge in [-0.3, -0.25) is 14.4 Å². The van der Waals surface area contributed by atoms with Crippen LogP contribution in [0.15, 0.2) is 72.8 Å². The Balaban J connectivity index is 1.66. The zero-order valence-electron chi connectivity index (χ0n) is 16.2. The molecule has 152 valence electrons. The summed E-state index contributed by atoms with van der Waals surface area (Å²) in [6.45, 7) is 1.37. The van der Waals surface area contributed by atoms with Crippen LogP contribution >= 0.6 is 11.6 Å². The summed E-state index contributed by atoms with van der Waals surface area (Å²) >= 11 is 5.87. The monoisotopic (exact) mass is 421 g/mol. The molecule has 3 N–H and O–H groups in total. The van der Waals surface area contributed by atoms with Crippen molar-refractivity contribution in [2.75, 3.05) is 22.5 Å². The standard InChI is InChI=1S/C23H20ClN3O3/c1-15(28)18-6-2-5-9-21(18)27-22(29)14-25-20-8-4-3-7-19(20)23(30)26-17-12-10-16(24)11-13-17/h2-13,25H,14H2,1H3,(H,26,30)(H,27,29). The number of ketones is 1. The summed E-state index contributed by atoms with van der Waals surface area (Å²) in [6.07, 6.45) is 0. The molecule has 0 aliphatic rings. The van der Waals surface area contributed by atoms with E-state index in [9.17, 15) is 14.4 Å². The van der Waals surface area contributed by atoms with Crippen LogP contribution in [0, 0.1) is 0 Å². The minimum atomic E-state index is -0.336. The molecule has 3 aromatic rings. The normalized spacial score (nSPS) is 10.2. The Morgan fingerprint density at radius 3 is 2.03 bits per heavy atom. The molecule has 0 aliphatic heterocycles. The van der Waals surface area contributed by atoms with Gasteiger partial charge in [-0.05, 0) is 55.5 Å². The van der Waals surface area contributed by atoms with Crippen molar-refractivity contribution < 1.29 is 14.4 Å². The first-order valence-corrected chi connectivity index (χ1v) is 9.61. The Morgan fingerprint density at radius 2 is 1.37 bits per heavy atom. The molecule has 30 heavy (non-hydrogen) atoms. The highest BCUT2D eigenvalue weighted by atomic mass is 35.5. The third kappa shape index (κ3) is 5.46. The maximum absolute atomic E-state index is 12.7. The van der Waals surface area contributed by atoms with Crippen molar-refractivity contribution in [1.82, 2.24) is 0 Å². The van der Waals surface area contributed by atoms with Gasteiger partial charge in [-0.1, -0.05) is 35.9 Å². The van der Waals surface area contributed by atoms with E-state index in [2.05, 4.69) is 16.0 Å². The van der Waals surface area contributed by atoms with Crippen LogP contribution in [0.4, 0.5) is 17.1 Å². The van der Waals surface area contributed by atoms with E-state index in [1.807, 2.05) is 0 Å². The van der Waals surface area contributed by atoms with E-state index in [-0.39, 0.29) is 24.1 Å². The van der Waals surface area contributed by atoms with Crippen molar-refractivity contribution in [3.63, 3.8) is 0 Å². The SMILES string of the molecule is CC(=O)c1ccccc1NC(=O)CNc1ccccc1C(=O)Nc1ccc(Cl)cc1. The topological polar surface area (TPSA) is 87.3 Å². The first-order valence-electron chi connectivity index (χ1n) is 9.23. The first-order chi connectivity index (χ1) is 14.4. The van der Waals surface area contributed by atoms with Gasteiger partial charge in [0.15, 0.2) is 5.78 Å². The number of carbonyl (C=O) groups is 3. The predicted octanol–water partition coefficient (Wildman–Crippen LogP) is 4.85. The fraction of sp³-hybridized carbons (Fsp3) is 0.0870. The summed E-state index contributed by atoms with van der Waals surface area (Å²) in [5.74, 6) is -0.789. The van der Waals surface area contributed by atoms with Crippen LogP contribution in [-0.4, -0.2) is 24.1 Å². The number of halogens is 1. The third-order valence-corrected chi connectivity index (χ3v) is 4.55. The maximum atomic E-state index is 12.7. The second kappa shape index (κ2) is 9.71. The quantitative estimate of drug-likeness (QED) is 0.476. The number of hydrogen-bond acceptors (Lipinski definition) is 4. The van der Waals surface area contributed by atoms with E-state index in [0.717, 1.165) is 0 Å². The van der Waals surface area contributed by atoms with Crippen molar-refractivity contribution in [2.24, 2.45) is 0 Å². The molecule has 0 bridgehead atoms. The molecule has 0 fully saturated rings. The van der Waals surface area contributed by atoms with Crippen LogP contribution in [0.2, 0.25) is 5.02 Å². The Hall–Kier alpha value is -3.64. The molecule has 3 aromatic carbocycles. The van der Waals surface area contributed by atoms with Crippen LogP contribution in [0.5, 0.6) is 0 Å². The minimum Gasteiger partial charge on any atom is -0.376 e. The summed E-state index contributed by atoms with van der Waals surface area (Å²) in [5.41, 5.74) is 2.40. The largest absolute Gasteiger partial charge is 0.376 e. The van der Waals surface area contributed by atoms with Crippen molar-refractivity contribution in [2.45, 2.75) is 6.92 Å². The van der Waals surface area contributed by atoms with Crippen molar-refractivity contribution in [1.29, 1.82) is 0 Å². The van der Waals surface area contributed by atoms with Crippen LogP contribution in [0.25, 0.3) is 0 Å². The summed E-state index contributed by atoms with van der Waals surface area (Å²) in [6, 6.07) is 20.5. The van der Waals surface area contributed by atoms with E-state index in [0.29, 0.717) is 33.2 Å². The molecule has 3 rings (SSSR count). The summed E-state index contributed by atoms with van der Waals surface area (Å²) < 4.78 is 0. The smallest absolute Gasteiger partial charge is 0.257 e. The number of amides is 2. The number of rotatable bonds is 7. The van der Waals surface area contributed by atoms with Crippen LogP contribution < -0.4 is 16.0 Å². The van der Waals surface area contributed by atoms with Gasteiger partial charge >= 0.3 is 0 Å². The van der Waals surface area contributed by atoms with E-state index < -0.39 is 0 Å². The molecule has 7 heteroatoms. The lowest BCUT2D eigenvalue weighted by atomic mass is 10.1. The van der Waals surface area contributed by atoms with E-state index in [4.69, 9.17) is 11.6 Å². The molecular formula is C23H20ClN3O3. The number of para-hydroxylation sites is 2. The average Bonchev–Trinajstić information content (AvgIpc) is 2.74. The molecule has 0 saturated heterocycles. The molecule has 2 amide bonds. The van der Waals surface area contributed by atoms with Gasteiger partial charge in [0.05, 0.1) is 17.8 Å². The van der Waals surface area contributed by atoms with Gasteiger partial charge in [-0.2, -0.15) is 0 Å². The van der Waals surface area contributed by atoms with Crippen LogP contribution in [0.1, 0.15) is 27.6 Å². The van der Waals surface area contributed by atoms with Gasteiger partial charge in [0.25, 0.3) is 5.91 Å². The maximum Gasteiger partial charge on any atom is 0.257 e. The Morgan fingerprint density at radius 1 is 0.767 bits per heavy atom. The van der Waals surface area contributed by atoms with Crippen molar-refractivity contribution >= 4 is 46.3 Å². The Kier molecular flexibility index (Phi) is 6.83. The molecule has 0 radical (unpaired) electrons. The second-order valence-corrected chi connectivity index (χ2v) is 6.95. The third-order valence-electron chi connectivity index (χ3n) is 4.29. The van der Waals surface area contributed by atoms with Crippen molar-refractivity contribution in [3.05, 3.63) is 88.9 Å². The van der Waals surface area contributed by atoms with Gasteiger partial charge < -0.3 is 16.0 Å². The molecule has 0 aliphatic carbocycles. The number of benzene rings is 3. The number of hydrogen-bond donors (Lipinski definition) is 3. The number of nitrogens with one attached hydrogen (secondary N) is 3. The average molecular weight is 422 g/mol. The molecular weight excluding hydrogens is 402 g/mol. The highest BCUT2D eigenvalue weighted by Crippen LogP contribution is 2.19. The van der Waals surface area contributed by atoms with Gasteiger partial charge in [-0.15, -0.1) is 0 Å². The fourth-order valence-electron chi connectivity index (χ4n) is 2.84. The number of carbonyl (C=O) groups excluding carboxylic acids is 3.